The Labute approximate surface area is 172 Å². The van der Waals surface area contributed by atoms with Crippen LogP contribution in [0.1, 0.15) is 36.8 Å². The molecule has 9 heteroatoms. The van der Waals surface area contributed by atoms with Gasteiger partial charge in [-0.1, -0.05) is 0 Å². The van der Waals surface area contributed by atoms with Crippen LogP contribution in [-0.2, 0) is 15.6 Å². The minimum Gasteiger partial charge on any atom is -0.497 e. The Morgan fingerprint density at radius 3 is 2.14 bits per heavy atom. The maximum Gasteiger partial charge on any atom is 0.257 e. The highest BCUT2D eigenvalue weighted by Crippen LogP contribution is 2.23. The fourth-order valence-corrected chi connectivity index (χ4v) is 4.92. The molecule has 2 aromatic rings. The number of piperazine rings is 1. The van der Waals surface area contributed by atoms with E-state index in [1.54, 1.807) is 23.2 Å². The molecule has 8 nitrogen and oxygen atoms in total. The van der Waals surface area contributed by atoms with Crippen LogP contribution in [0.2, 0.25) is 0 Å². The van der Waals surface area contributed by atoms with Crippen LogP contribution < -0.4 is 4.74 Å². The standard InChI is InChI=1S/C20H28N4O4S/c1-15-18(14-21-24(15)20(2,3)4)19(25)22-10-12-23(13-11-22)29(26,27)17-8-6-16(28-5)7-9-17/h6-9,14H,10-13H2,1-5H3. The molecular formula is C20H28N4O4S. The van der Waals surface area contributed by atoms with Gasteiger partial charge in [0.1, 0.15) is 5.75 Å². The van der Waals surface area contributed by atoms with E-state index < -0.39 is 10.0 Å². The van der Waals surface area contributed by atoms with Crippen molar-refractivity contribution in [1.29, 1.82) is 0 Å². The first-order valence-electron chi connectivity index (χ1n) is 9.54. The van der Waals surface area contributed by atoms with Gasteiger partial charge in [-0.25, -0.2) is 8.42 Å². The van der Waals surface area contributed by atoms with Crippen molar-refractivity contribution in [3.8, 4) is 5.75 Å². The van der Waals surface area contributed by atoms with Crippen molar-refractivity contribution < 1.29 is 17.9 Å². The highest BCUT2D eigenvalue weighted by Gasteiger charge is 2.32. The third-order valence-electron chi connectivity index (χ3n) is 5.10. The molecule has 1 aliphatic rings. The summed E-state index contributed by atoms with van der Waals surface area (Å²) in [4.78, 5) is 14.9. The summed E-state index contributed by atoms with van der Waals surface area (Å²) in [6.45, 7) is 9.18. The fourth-order valence-electron chi connectivity index (χ4n) is 3.49. The van der Waals surface area contributed by atoms with Crippen LogP contribution in [0.15, 0.2) is 35.4 Å². The number of hydrogen-bond acceptors (Lipinski definition) is 5. The van der Waals surface area contributed by atoms with Crippen molar-refractivity contribution >= 4 is 15.9 Å². The molecule has 1 fully saturated rings. The van der Waals surface area contributed by atoms with Crippen LogP contribution >= 0.6 is 0 Å². The number of carbonyl (C=O) groups is 1. The van der Waals surface area contributed by atoms with Gasteiger partial charge >= 0.3 is 0 Å². The number of hydrogen-bond donors (Lipinski definition) is 0. The third kappa shape index (κ3) is 4.16. The fraction of sp³-hybridized carbons (Fsp3) is 0.500. The van der Waals surface area contributed by atoms with E-state index in [1.165, 1.54) is 23.5 Å². The van der Waals surface area contributed by atoms with Crippen molar-refractivity contribution in [3.05, 3.63) is 41.7 Å². The first-order chi connectivity index (χ1) is 13.6. The lowest BCUT2D eigenvalue weighted by Gasteiger charge is -2.34. The van der Waals surface area contributed by atoms with Crippen molar-refractivity contribution in [2.75, 3.05) is 33.3 Å². The normalized spacial score (nSPS) is 16.1. The van der Waals surface area contributed by atoms with E-state index in [4.69, 9.17) is 4.74 Å². The molecular weight excluding hydrogens is 392 g/mol. The van der Waals surface area contributed by atoms with E-state index in [9.17, 15) is 13.2 Å². The first kappa shape index (κ1) is 21.3. The molecule has 0 aliphatic carbocycles. The average molecular weight is 421 g/mol. The largest absolute Gasteiger partial charge is 0.497 e. The quantitative estimate of drug-likeness (QED) is 0.756. The second-order valence-corrected chi connectivity index (χ2v) is 10.0. The molecule has 0 unspecified atom stereocenters. The number of sulfonamides is 1. The molecule has 3 rings (SSSR count). The second-order valence-electron chi connectivity index (χ2n) is 8.10. The molecule has 1 aromatic heterocycles. The van der Waals surface area contributed by atoms with E-state index in [-0.39, 0.29) is 29.4 Å². The van der Waals surface area contributed by atoms with Crippen molar-refractivity contribution in [1.82, 2.24) is 19.0 Å². The highest BCUT2D eigenvalue weighted by atomic mass is 32.2. The van der Waals surface area contributed by atoms with Gasteiger partial charge < -0.3 is 9.64 Å². The second kappa shape index (κ2) is 7.79. The van der Waals surface area contributed by atoms with E-state index in [0.717, 1.165) is 5.69 Å². The van der Waals surface area contributed by atoms with Gasteiger partial charge in [0.15, 0.2) is 0 Å². The van der Waals surface area contributed by atoms with Crippen LogP contribution in [0.4, 0.5) is 0 Å². The van der Waals surface area contributed by atoms with Crippen LogP contribution in [-0.4, -0.2) is 66.6 Å². The Kier molecular flexibility index (Phi) is 5.73. The number of ether oxygens (including phenoxy) is 1. The van der Waals surface area contributed by atoms with Crippen LogP contribution in [0.3, 0.4) is 0 Å². The predicted octanol–water partition coefficient (Wildman–Crippen LogP) is 2.10. The molecule has 1 amide bonds. The number of methoxy groups -OCH3 is 1. The van der Waals surface area contributed by atoms with Gasteiger partial charge in [0, 0.05) is 31.9 Å². The predicted molar refractivity (Wildman–Crippen MR) is 110 cm³/mol. The molecule has 0 radical (unpaired) electrons. The Balaban J connectivity index is 1.70. The molecule has 0 N–H and O–H groups in total. The lowest BCUT2D eigenvalue weighted by molar-refractivity contribution is 0.0697. The lowest BCUT2D eigenvalue weighted by atomic mass is 10.1. The molecule has 0 atom stereocenters. The molecule has 0 spiro atoms. The average Bonchev–Trinajstić information content (AvgIpc) is 3.09. The minimum absolute atomic E-state index is 0.112. The summed E-state index contributed by atoms with van der Waals surface area (Å²) >= 11 is 0. The van der Waals surface area contributed by atoms with Crippen molar-refractivity contribution in [3.63, 3.8) is 0 Å². The molecule has 1 aliphatic heterocycles. The number of carbonyl (C=O) groups excluding carboxylic acids is 1. The van der Waals surface area contributed by atoms with Gasteiger partial charge in [-0.3, -0.25) is 9.48 Å². The summed E-state index contributed by atoms with van der Waals surface area (Å²) in [5, 5.41) is 4.36. The number of rotatable bonds is 4. The number of aromatic nitrogens is 2. The lowest BCUT2D eigenvalue weighted by Crippen LogP contribution is -2.50. The zero-order valence-corrected chi connectivity index (χ0v) is 18.4. The summed E-state index contributed by atoms with van der Waals surface area (Å²) < 4.78 is 34.1. The summed E-state index contributed by atoms with van der Waals surface area (Å²) in [6, 6.07) is 6.33. The monoisotopic (exact) mass is 420 g/mol. The zero-order chi connectivity index (χ0) is 21.4. The van der Waals surface area contributed by atoms with E-state index >= 15 is 0 Å². The summed E-state index contributed by atoms with van der Waals surface area (Å²) in [5.74, 6) is 0.491. The highest BCUT2D eigenvalue weighted by molar-refractivity contribution is 7.89. The Hall–Kier alpha value is -2.39. The summed E-state index contributed by atoms with van der Waals surface area (Å²) in [6.07, 6.45) is 1.60. The maximum absolute atomic E-state index is 12.9. The van der Waals surface area contributed by atoms with Crippen molar-refractivity contribution in [2.24, 2.45) is 0 Å². The number of amides is 1. The SMILES string of the molecule is COc1ccc(S(=O)(=O)N2CCN(C(=O)c3cnn(C(C)(C)C)c3C)CC2)cc1. The van der Waals surface area contributed by atoms with Crippen molar-refractivity contribution in [2.45, 2.75) is 38.1 Å². The summed E-state index contributed by atoms with van der Waals surface area (Å²) in [5.41, 5.74) is 1.16. The topological polar surface area (TPSA) is 84.7 Å². The Bertz CT molecular complexity index is 982. The molecule has 1 aromatic carbocycles. The molecule has 0 saturated carbocycles. The summed E-state index contributed by atoms with van der Waals surface area (Å²) in [7, 11) is -2.07. The van der Waals surface area contributed by atoms with Crippen LogP contribution in [0.25, 0.3) is 0 Å². The van der Waals surface area contributed by atoms with E-state index in [2.05, 4.69) is 5.10 Å². The molecule has 0 bridgehead atoms. The zero-order valence-electron chi connectivity index (χ0n) is 17.5. The van der Waals surface area contributed by atoms with Gasteiger partial charge in [-0.15, -0.1) is 0 Å². The molecule has 29 heavy (non-hydrogen) atoms. The first-order valence-corrected chi connectivity index (χ1v) is 11.0. The third-order valence-corrected chi connectivity index (χ3v) is 7.01. The van der Waals surface area contributed by atoms with Gasteiger partial charge in [0.2, 0.25) is 10.0 Å². The number of benzene rings is 1. The molecule has 1 saturated heterocycles. The van der Waals surface area contributed by atoms with E-state index in [1.807, 2.05) is 32.4 Å². The maximum atomic E-state index is 12.9. The Morgan fingerprint density at radius 2 is 1.66 bits per heavy atom. The molecule has 2 heterocycles. The Morgan fingerprint density at radius 1 is 1.07 bits per heavy atom. The van der Waals surface area contributed by atoms with E-state index in [0.29, 0.717) is 24.4 Å². The number of nitrogens with zero attached hydrogens (tertiary/aromatic N) is 4. The van der Waals surface area contributed by atoms with Gasteiger partial charge in [-0.2, -0.15) is 9.40 Å². The van der Waals surface area contributed by atoms with Crippen LogP contribution in [0, 0.1) is 6.92 Å². The smallest absolute Gasteiger partial charge is 0.257 e. The van der Waals surface area contributed by atoms with Gasteiger partial charge in [0.05, 0.1) is 29.3 Å². The van der Waals surface area contributed by atoms with Crippen LogP contribution in [0.5, 0.6) is 5.75 Å². The van der Waals surface area contributed by atoms with Gasteiger partial charge in [-0.05, 0) is 52.0 Å². The minimum atomic E-state index is -3.60. The molecule has 158 valence electrons. The van der Waals surface area contributed by atoms with Gasteiger partial charge in [0.25, 0.3) is 5.91 Å².